The Bertz CT molecular complexity index is 497. The minimum atomic E-state index is -0.234. The third-order valence-electron chi connectivity index (χ3n) is 3.40. The molecular weight excluding hydrogens is 228 g/mol. The van der Waals surface area contributed by atoms with Crippen LogP contribution in [0.25, 0.3) is 0 Å². The number of benzene rings is 1. The van der Waals surface area contributed by atoms with E-state index in [-0.39, 0.29) is 17.7 Å². The number of amides is 2. The quantitative estimate of drug-likeness (QED) is 0.857. The van der Waals surface area contributed by atoms with E-state index in [4.69, 9.17) is 0 Å². The maximum atomic E-state index is 12.0. The van der Waals surface area contributed by atoms with Crippen molar-refractivity contribution >= 4 is 17.5 Å². The Morgan fingerprint density at radius 1 is 1.39 bits per heavy atom. The first-order chi connectivity index (χ1) is 8.52. The molecule has 0 aliphatic carbocycles. The predicted molar refractivity (Wildman–Crippen MR) is 70.4 cm³/mol. The Morgan fingerprint density at radius 2 is 2.11 bits per heavy atom. The molecular formula is C14H18N2O2. The van der Waals surface area contributed by atoms with Crippen molar-refractivity contribution in [3.05, 3.63) is 29.3 Å². The van der Waals surface area contributed by atoms with Gasteiger partial charge in [-0.05, 0) is 31.0 Å². The summed E-state index contributed by atoms with van der Waals surface area (Å²) < 4.78 is 0. The van der Waals surface area contributed by atoms with Crippen LogP contribution >= 0.6 is 0 Å². The third kappa shape index (κ3) is 2.23. The van der Waals surface area contributed by atoms with E-state index in [2.05, 4.69) is 5.32 Å². The van der Waals surface area contributed by atoms with Gasteiger partial charge in [-0.15, -0.1) is 0 Å². The lowest BCUT2D eigenvalue weighted by Gasteiger charge is -2.19. The van der Waals surface area contributed by atoms with Gasteiger partial charge >= 0.3 is 0 Å². The number of hydrogen-bond acceptors (Lipinski definition) is 2. The van der Waals surface area contributed by atoms with Crippen LogP contribution < -0.4 is 10.2 Å². The SMILES string of the molecule is CNC(=O)C1CC(=O)N(c2cc(C)ccc2C)C1. The lowest BCUT2D eigenvalue weighted by atomic mass is 10.1. The number of rotatable bonds is 2. The first kappa shape index (κ1) is 12.6. The number of aryl methyl sites for hydroxylation is 2. The van der Waals surface area contributed by atoms with Crippen molar-refractivity contribution in [3.8, 4) is 0 Å². The Morgan fingerprint density at radius 3 is 2.78 bits per heavy atom. The summed E-state index contributed by atoms with van der Waals surface area (Å²) in [6.07, 6.45) is 0.299. The van der Waals surface area contributed by atoms with Crippen molar-refractivity contribution in [2.24, 2.45) is 5.92 Å². The van der Waals surface area contributed by atoms with Gasteiger partial charge in [-0.2, -0.15) is 0 Å². The smallest absolute Gasteiger partial charge is 0.227 e. The second-order valence-corrected chi connectivity index (χ2v) is 4.81. The molecule has 0 aromatic heterocycles. The molecule has 1 aromatic rings. The summed E-state index contributed by atoms with van der Waals surface area (Å²) in [5.41, 5.74) is 3.10. The van der Waals surface area contributed by atoms with E-state index in [1.807, 2.05) is 32.0 Å². The van der Waals surface area contributed by atoms with Gasteiger partial charge in [-0.3, -0.25) is 9.59 Å². The standard InChI is InChI=1S/C14H18N2O2/c1-9-4-5-10(2)12(6-9)16-8-11(7-13(16)17)14(18)15-3/h4-6,11H,7-8H2,1-3H3,(H,15,18). The highest BCUT2D eigenvalue weighted by Gasteiger charge is 2.35. The van der Waals surface area contributed by atoms with Crippen LogP contribution in [-0.2, 0) is 9.59 Å². The second-order valence-electron chi connectivity index (χ2n) is 4.81. The molecule has 1 aliphatic rings. The van der Waals surface area contributed by atoms with Crippen LogP contribution in [0.1, 0.15) is 17.5 Å². The number of carbonyl (C=O) groups is 2. The molecule has 1 aromatic carbocycles. The van der Waals surface area contributed by atoms with E-state index in [1.165, 1.54) is 0 Å². The van der Waals surface area contributed by atoms with Gasteiger partial charge in [0.25, 0.3) is 0 Å². The molecule has 2 rings (SSSR count). The minimum absolute atomic E-state index is 0.0253. The van der Waals surface area contributed by atoms with Crippen molar-refractivity contribution in [2.45, 2.75) is 20.3 Å². The molecule has 1 unspecified atom stereocenters. The molecule has 2 amide bonds. The van der Waals surface area contributed by atoms with Gasteiger partial charge in [0.15, 0.2) is 0 Å². The lowest BCUT2D eigenvalue weighted by molar-refractivity contribution is -0.125. The molecule has 18 heavy (non-hydrogen) atoms. The first-order valence-electron chi connectivity index (χ1n) is 6.12. The summed E-state index contributed by atoms with van der Waals surface area (Å²) in [6, 6.07) is 6.03. The molecule has 1 fully saturated rings. The normalized spacial score (nSPS) is 19.2. The molecule has 0 bridgehead atoms. The fourth-order valence-electron chi connectivity index (χ4n) is 2.33. The van der Waals surface area contributed by atoms with Gasteiger partial charge in [0, 0.05) is 25.7 Å². The largest absolute Gasteiger partial charge is 0.359 e. The van der Waals surface area contributed by atoms with Gasteiger partial charge in [-0.25, -0.2) is 0 Å². The van der Waals surface area contributed by atoms with E-state index in [9.17, 15) is 9.59 Å². The molecule has 1 N–H and O–H groups in total. The van der Waals surface area contributed by atoms with Gasteiger partial charge in [-0.1, -0.05) is 12.1 Å². The zero-order valence-electron chi connectivity index (χ0n) is 11.0. The van der Waals surface area contributed by atoms with Crippen LogP contribution in [0.15, 0.2) is 18.2 Å². The average Bonchev–Trinajstić information content (AvgIpc) is 2.73. The van der Waals surface area contributed by atoms with Crippen LogP contribution in [0.3, 0.4) is 0 Å². The van der Waals surface area contributed by atoms with Crippen molar-refractivity contribution in [2.75, 3.05) is 18.5 Å². The van der Waals surface area contributed by atoms with Gasteiger partial charge in [0.1, 0.15) is 0 Å². The average molecular weight is 246 g/mol. The molecule has 96 valence electrons. The highest BCUT2D eigenvalue weighted by atomic mass is 16.2. The number of hydrogen-bond donors (Lipinski definition) is 1. The Labute approximate surface area is 107 Å². The number of carbonyl (C=O) groups excluding carboxylic acids is 2. The third-order valence-corrected chi connectivity index (χ3v) is 3.40. The first-order valence-corrected chi connectivity index (χ1v) is 6.12. The van der Waals surface area contributed by atoms with Crippen molar-refractivity contribution in [3.63, 3.8) is 0 Å². The molecule has 0 spiro atoms. The number of anilines is 1. The van der Waals surface area contributed by atoms with E-state index < -0.39 is 0 Å². The van der Waals surface area contributed by atoms with Crippen molar-refractivity contribution < 1.29 is 9.59 Å². The monoisotopic (exact) mass is 246 g/mol. The summed E-state index contributed by atoms with van der Waals surface area (Å²) in [5.74, 6) is -0.268. The van der Waals surface area contributed by atoms with Crippen LogP contribution in [-0.4, -0.2) is 25.4 Å². The fraction of sp³-hybridized carbons (Fsp3) is 0.429. The van der Waals surface area contributed by atoms with E-state index >= 15 is 0 Å². The predicted octanol–water partition coefficient (Wildman–Crippen LogP) is 1.40. The van der Waals surface area contributed by atoms with Crippen LogP contribution in [0.4, 0.5) is 5.69 Å². The van der Waals surface area contributed by atoms with Crippen molar-refractivity contribution in [1.82, 2.24) is 5.32 Å². The highest BCUT2D eigenvalue weighted by Crippen LogP contribution is 2.28. The molecule has 0 saturated carbocycles. The summed E-state index contributed by atoms with van der Waals surface area (Å²) in [5, 5.41) is 2.61. The summed E-state index contributed by atoms with van der Waals surface area (Å²) in [7, 11) is 1.60. The molecule has 4 heteroatoms. The second kappa shape index (κ2) is 4.80. The zero-order chi connectivity index (χ0) is 13.3. The van der Waals surface area contributed by atoms with Gasteiger partial charge in [0.05, 0.1) is 5.92 Å². The topological polar surface area (TPSA) is 49.4 Å². The maximum Gasteiger partial charge on any atom is 0.227 e. The molecule has 4 nitrogen and oxygen atoms in total. The maximum absolute atomic E-state index is 12.0. The Kier molecular flexibility index (Phi) is 3.36. The van der Waals surface area contributed by atoms with Crippen LogP contribution in [0.5, 0.6) is 0 Å². The lowest BCUT2D eigenvalue weighted by Crippen LogP contribution is -2.30. The summed E-state index contributed by atoms with van der Waals surface area (Å²) in [4.78, 5) is 25.3. The van der Waals surface area contributed by atoms with Crippen LogP contribution in [0, 0.1) is 19.8 Å². The molecule has 1 atom stereocenters. The minimum Gasteiger partial charge on any atom is -0.359 e. The van der Waals surface area contributed by atoms with Crippen molar-refractivity contribution in [1.29, 1.82) is 0 Å². The van der Waals surface area contributed by atoms with E-state index in [1.54, 1.807) is 11.9 Å². The molecule has 1 saturated heterocycles. The van der Waals surface area contributed by atoms with Gasteiger partial charge < -0.3 is 10.2 Å². The summed E-state index contributed by atoms with van der Waals surface area (Å²) >= 11 is 0. The molecule has 0 radical (unpaired) electrons. The molecule has 1 aliphatic heterocycles. The molecule has 1 heterocycles. The Balaban J connectivity index is 2.27. The summed E-state index contributed by atoms with van der Waals surface area (Å²) in [6.45, 7) is 4.46. The fourth-order valence-corrected chi connectivity index (χ4v) is 2.33. The van der Waals surface area contributed by atoms with Crippen LogP contribution in [0.2, 0.25) is 0 Å². The Hall–Kier alpha value is -1.84. The van der Waals surface area contributed by atoms with Gasteiger partial charge in [0.2, 0.25) is 11.8 Å². The highest BCUT2D eigenvalue weighted by molar-refractivity contribution is 6.00. The van der Waals surface area contributed by atoms with E-state index in [0.29, 0.717) is 13.0 Å². The zero-order valence-corrected chi connectivity index (χ0v) is 11.0. The number of nitrogens with zero attached hydrogens (tertiary/aromatic N) is 1. The number of nitrogens with one attached hydrogen (secondary N) is 1. The van der Waals surface area contributed by atoms with E-state index in [0.717, 1.165) is 16.8 Å².